The number of carboxylic acids is 1. The molecule has 2 amide bonds. The number of fused-ring (bicyclic) bond motifs is 2. The Labute approximate surface area is 268 Å². The lowest BCUT2D eigenvalue weighted by atomic mass is 9.91. The predicted molar refractivity (Wildman–Crippen MR) is 165 cm³/mol. The number of piperidine rings is 1. The summed E-state index contributed by atoms with van der Waals surface area (Å²) in [7, 11) is 0. The summed E-state index contributed by atoms with van der Waals surface area (Å²) in [6, 6.07) is 3.40. The molecule has 6 rings (SSSR count). The first kappa shape index (κ1) is 31.0. The van der Waals surface area contributed by atoms with Crippen LogP contribution in [0.2, 0.25) is 5.02 Å². The van der Waals surface area contributed by atoms with E-state index in [-0.39, 0.29) is 28.5 Å². The molecule has 0 spiro atoms. The van der Waals surface area contributed by atoms with Gasteiger partial charge in [0.1, 0.15) is 11.7 Å². The molecule has 1 saturated carbocycles. The topological polar surface area (TPSA) is 114 Å². The van der Waals surface area contributed by atoms with E-state index in [1.54, 1.807) is 43.3 Å². The number of aliphatic carboxylic acids is 1. The standard InChI is InChI=1S/C32H31Cl2F2N5O4/c1-14-5-17(33)6-15(2)25(14)16-7-19(27(36)21(35)8-16)22(9-24(42)43)38-29(44)28-26-20(32(26,3)4)12-41(28)30(45)23-13-40-11-18(34)10-37-31(40)39-23/h5-8,10-11,13,20,22,26,28,31,39H,9,12H2,1-4H3,(H,38,44)(H,42,43)/t20-,22-,26-,28-,31?/m0/s1. The van der Waals surface area contributed by atoms with Crippen LogP contribution in [0.5, 0.6) is 0 Å². The third kappa shape index (κ3) is 5.46. The third-order valence-electron chi connectivity index (χ3n) is 9.34. The fourth-order valence-electron chi connectivity index (χ4n) is 7.12. The van der Waals surface area contributed by atoms with Gasteiger partial charge in [0.15, 0.2) is 17.9 Å². The quantitative estimate of drug-likeness (QED) is 0.377. The second-order valence-electron chi connectivity index (χ2n) is 12.6. The van der Waals surface area contributed by atoms with Crippen molar-refractivity contribution in [3.05, 3.63) is 80.7 Å². The van der Waals surface area contributed by atoms with E-state index in [0.29, 0.717) is 38.9 Å². The van der Waals surface area contributed by atoms with E-state index < -0.39 is 54.2 Å². The molecule has 2 fully saturated rings. The smallest absolute Gasteiger partial charge is 0.305 e. The minimum atomic E-state index is -1.42. The van der Waals surface area contributed by atoms with Crippen LogP contribution < -0.4 is 10.6 Å². The molecule has 1 unspecified atom stereocenters. The van der Waals surface area contributed by atoms with Crippen LogP contribution in [0.1, 0.15) is 43.0 Å². The summed E-state index contributed by atoms with van der Waals surface area (Å²) in [5.41, 5.74) is 2.01. The minimum absolute atomic E-state index is 0.0282. The average molecular weight is 659 g/mol. The Morgan fingerprint density at radius 2 is 1.82 bits per heavy atom. The Kier molecular flexibility index (Phi) is 7.68. The maximum absolute atomic E-state index is 15.4. The zero-order valence-electron chi connectivity index (χ0n) is 24.9. The van der Waals surface area contributed by atoms with Crippen LogP contribution in [0.25, 0.3) is 11.1 Å². The molecule has 3 N–H and O–H groups in total. The van der Waals surface area contributed by atoms with Crippen LogP contribution in [-0.4, -0.2) is 57.8 Å². The Balaban J connectivity index is 1.32. The van der Waals surface area contributed by atoms with Crippen molar-refractivity contribution in [3.63, 3.8) is 0 Å². The fourth-order valence-corrected chi connectivity index (χ4v) is 7.62. The Bertz CT molecular complexity index is 1720. The van der Waals surface area contributed by atoms with Gasteiger partial charge in [-0.05, 0) is 77.6 Å². The van der Waals surface area contributed by atoms with Crippen LogP contribution in [0.15, 0.2) is 52.4 Å². The van der Waals surface area contributed by atoms with Gasteiger partial charge in [0.25, 0.3) is 5.91 Å². The van der Waals surface area contributed by atoms with Gasteiger partial charge < -0.3 is 25.5 Å². The van der Waals surface area contributed by atoms with Crippen molar-refractivity contribution in [1.82, 2.24) is 20.4 Å². The van der Waals surface area contributed by atoms with E-state index in [1.807, 2.05) is 13.8 Å². The molecule has 3 heterocycles. The number of carboxylic acid groups (broad SMARTS) is 1. The van der Waals surface area contributed by atoms with Crippen molar-refractivity contribution < 1.29 is 28.3 Å². The molecule has 236 valence electrons. The molecule has 1 saturated heterocycles. The molecule has 1 aliphatic carbocycles. The van der Waals surface area contributed by atoms with Crippen molar-refractivity contribution in [1.29, 1.82) is 0 Å². The average Bonchev–Trinajstić information content (AvgIpc) is 3.30. The van der Waals surface area contributed by atoms with Gasteiger partial charge in [0.05, 0.1) is 17.5 Å². The number of hydrogen-bond acceptors (Lipinski definition) is 6. The van der Waals surface area contributed by atoms with Gasteiger partial charge in [0.2, 0.25) is 5.91 Å². The van der Waals surface area contributed by atoms with Crippen LogP contribution in [0.4, 0.5) is 8.78 Å². The van der Waals surface area contributed by atoms with Crippen molar-refractivity contribution in [2.24, 2.45) is 22.2 Å². The SMILES string of the molecule is Cc1cc(Cl)cc(C)c1-c1cc(F)c(F)c([C@H](CC(=O)O)NC(=O)[C@@H]2[C@@H]3[C@H](CN2C(=O)C2=CN4C=C(Cl)C=NC4N2)C3(C)C)c1. The molecular weight excluding hydrogens is 627 g/mol. The van der Waals surface area contributed by atoms with Crippen LogP contribution in [-0.2, 0) is 14.4 Å². The molecule has 0 radical (unpaired) electrons. The number of benzene rings is 2. The third-order valence-corrected chi connectivity index (χ3v) is 9.75. The zero-order valence-corrected chi connectivity index (χ0v) is 26.4. The monoisotopic (exact) mass is 657 g/mol. The summed E-state index contributed by atoms with van der Waals surface area (Å²) in [6.45, 7) is 7.87. The first-order valence-corrected chi connectivity index (χ1v) is 15.2. The maximum atomic E-state index is 15.4. The van der Waals surface area contributed by atoms with E-state index in [4.69, 9.17) is 23.2 Å². The molecule has 2 aromatic rings. The number of aliphatic imine (C=N–C) groups is 1. The molecular formula is C32H31Cl2F2N5O4. The number of halogens is 4. The summed E-state index contributed by atoms with van der Waals surface area (Å²) in [6.07, 6.45) is 3.39. The van der Waals surface area contributed by atoms with E-state index >= 15 is 8.78 Å². The summed E-state index contributed by atoms with van der Waals surface area (Å²) in [4.78, 5) is 47.1. The number of nitrogens with one attached hydrogen (secondary N) is 2. The van der Waals surface area contributed by atoms with Gasteiger partial charge in [-0.25, -0.2) is 13.8 Å². The summed E-state index contributed by atoms with van der Waals surface area (Å²) in [5, 5.41) is 16.3. The second-order valence-corrected chi connectivity index (χ2v) is 13.5. The van der Waals surface area contributed by atoms with Crippen LogP contribution in [0.3, 0.4) is 0 Å². The zero-order chi connectivity index (χ0) is 32.5. The van der Waals surface area contributed by atoms with Gasteiger partial charge in [-0.1, -0.05) is 37.0 Å². The second kappa shape index (κ2) is 11.1. The first-order valence-electron chi connectivity index (χ1n) is 14.4. The van der Waals surface area contributed by atoms with E-state index in [0.717, 1.165) is 6.07 Å². The highest BCUT2D eigenvalue weighted by molar-refractivity contribution is 6.39. The highest BCUT2D eigenvalue weighted by Crippen LogP contribution is 2.65. The first-order chi connectivity index (χ1) is 21.2. The number of carbonyl (C=O) groups is 3. The highest BCUT2D eigenvalue weighted by atomic mass is 35.5. The van der Waals surface area contributed by atoms with E-state index in [1.165, 1.54) is 17.2 Å². The summed E-state index contributed by atoms with van der Waals surface area (Å²) in [5.74, 6) is -5.03. The normalized spacial score (nSPS) is 24.7. The number of nitrogens with zero attached hydrogens (tertiary/aromatic N) is 3. The van der Waals surface area contributed by atoms with Crippen LogP contribution >= 0.6 is 23.2 Å². The van der Waals surface area contributed by atoms with Gasteiger partial charge in [-0.3, -0.25) is 14.4 Å². The lowest BCUT2D eigenvalue weighted by molar-refractivity contribution is -0.140. The predicted octanol–water partition coefficient (Wildman–Crippen LogP) is 5.21. The van der Waals surface area contributed by atoms with Crippen molar-refractivity contribution in [3.8, 4) is 11.1 Å². The van der Waals surface area contributed by atoms with Gasteiger partial charge in [0, 0.05) is 35.7 Å². The molecule has 0 bridgehead atoms. The van der Waals surface area contributed by atoms with E-state index in [9.17, 15) is 19.5 Å². The Morgan fingerprint density at radius 3 is 2.49 bits per heavy atom. The molecule has 9 nitrogen and oxygen atoms in total. The van der Waals surface area contributed by atoms with Gasteiger partial charge >= 0.3 is 5.97 Å². The number of rotatable bonds is 7. The van der Waals surface area contributed by atoms with Gasteiger partial charge in [-0.2, -0.15) is 0 Å². The Morgan fingerprint density at radius 1 is 1.13 bits per heavy atom. The van der Waals surface area contributed by atoms with Crippen LogP contribution in [0, 0.1) is 42.7 Å². The minimum Gasteiger partial charge on any atom is -0.481 e. The number of amides is 2. The van der Waals surface area contributed by atoms with E-state index in [2.05, 4.69) is 15.6 Å². The number of carbonyl (C=O) groups excluding carboxylic acids is 2. The highest BCUT2D eigenvalue weighted by Gasteiger charge is 2.69. The lowest BCUT2D eigenvalue weighted by Gasteiger charge is -2.31. The molecule has 2 aromatic carbocycles. The number of aryl methyl sites for hydroxylation is 2. The van der Waals surface area contributed by atoms with Crippen molar-refractivity contribution in [2.45, 2.75) is 52.5 Å². The van der Waals surface area contributed by atoms with Gasteiger partial charge in [-0.15, -0.1) is 0 Å². The molecule has 5 atom stereocenters. The number of hydrogen-bond donors (Lipinski definition) is 3. The summed E-state index contributed by atoms with van der Waals surface area (Å²) >= 11 is 12.2. The molecule has 4 aliphatic rings. The number of allylic oxidation sites excluding steroid dienone is 1. The molecule has 13 heteroatoms. The Hall–Kier alpha value is -3.96. The fraction of sp³-hybridized carbons (Fsp3) is 0.375. The summed E-state index contributed by atoms with van der Waals surface area (Å²) < 4.78 is 30.5. The number of likely N-dealkylation sites (tertiary alicyclic amines) is 1. The lowest BCUT2D eigenvalue weighted by Crippen LogP contribution is -2.52. The maximum Gasteiger partial charge on any atom is 0.305 e. The molecule has 45 heavy (non-hydrogen) atoms. The molecule has 0 aromatic heterocycles. The molecule has 3 aliphatic heterocycles. The van der Waals surface area contributed by atoms with Crippen molar-refractivity contribution in [2.75, 3.05) is 6.54 Å². The van der Waals surface area contributed by atoms with Crippen molar-refractivity contribution >= 4 is 47.2 Å². The largest absolute Gasteiger partial charge is 0.481 e.